The highest BCUT2D eigenvalue weighted by Crippen LogP contribution is 2.52. The van der Waals surface area contributed by atoms with Crippen LogP contribution >= 0.6 is 0 Å². The summed E-state index contributed by atoms with van der Waals surface area (Å²) in [5, 5.41) is 44.3. The van der Waals surface area contributed by atoms with Crippen LogP contribution < -0.4 is 5.73 Å². The van der Waals surface area contributed by atoms with Crippen LogP contribution in [0.25, 0.3) is 11.4 Å². The third-order valence-electron chi connectivity index (χ3n) is 7.41. The molecule has 186 valence electrons. The maximum Gasteiger partial charge on any atom is 0.255 e. The Kier molecular flexibility index (Phi) is 5.23. The lowest BCUT2D eigenvalue weighted by Crippen LogP contribution is -2.63. The molecule has 36 heavy (non-hydrogen) atoms. The molecule has 4 atom stereocenters. The van der Waals surface area contributed by atoms with Gasteiger partial charge >= 0.3 is 0 Å². The number of nitrogens with two attached hydrogens (primary N) is 1. The Bertz CT molecular complexity index is 1400. The van der Waals surface area contributed by atoms with Crippen LogP contribution in [0.3, 0.4) is 0 Å². The average Bonchev–Trinajstić information content (AvgIpc) is 2.81. The number of amides is 1. The number of ketones is 2. The van der Waals surface area contributed by atoms with E-state index in [2.05, 4.69) is 9.97 Å². The van der Waals surface area contributed by atoms with Gasteiger partial charge in [-0.15, -0.1) is 0 Å². The van der Waals surface area contributed by atoms with Gasteiger partial charge in [0.1, 0.15) is 22.8 Å². The van der Waals surface area contributed by atoms with E-state index in [1.54, 1.807) is 38.6 Å². The number of phenolic OH excluding ortho intramolecular Hbond substituents is 1. The zero-order chi connectivity index (χ0) is 26.1. The number of benzene rings is 1. The van der Waals surface area contributed by atoms with Gasteiger partial charge in [0.15, 0.2) is 17.2 Å². The third kappa shape index (κ3) is 3.02. The van der Waals surface area contributed by atoms with Gasteiger partial charge in [-0.25, -0.2) is 9.97 Å². The molecule has 11 nitrogen and oxygen atoms in total. The molecule has 0 aliphatic heterocycles. The number of phenols is 1. The van der Waals surface area contributed by atoms with Crippen molar-refractivity contribution in [1.29, 1.82) is 0 Å². The molecule has 0 spiro atoms. The first kappa shape index (κ1) is 23.6. The molecule has 0 bridgehead atoms. The quantitative estimate of drug-likeness (QED) is 0.379. The van der Waals surface area contributed by atoms with E-state index in [1.165, 1.54) is 11.0 Å². The van der Waals surface area contributed by atoms with Gasteiger partial charge in [0.25, 0.3) is 5.91 Å². The van der Waals surface area contributed by atoms with Crippen molar-refractivity contribution in [3.63, 3.8) is 0 Å². The maximum atomic E-state index is 13.7. The average molecular weight is 492 g/mol. The molecule has 1 aromatic heterocycles. The Morgan fingerprint density at radius 1 is 1.14 bits per heavy atom. The molecule has 2 aromatic rings. The number of allylic oxidation sites excluding steroid dienone is 1. The Morgan fingerprint density at radius 3 is 2.42 bits per heavy atom. The van der Waals surface area contributed by atoms with Crippen LogP contribution in [-0.4, -0.2) is 78.5 Å². The first-order valence-corrected chi connectivity index (χ1v) is 11.3. The Morgan fingerprint density at radius 2 is 1.81 bits per heavy atom. The van der Waals surface area contributed by atoms with Crippen LogP contribution in [0.2, 0.25) is 0 Å². The number of nitrogens with zero attached hydrogens (tertiary/aromatic N) is 3. The lowest BCUT2D eigenvalue weighted by Gasteiger charge is -2.50. The van der Waals surface area contributed by atoms with E-state index in [0.29, 0.717) is 17.0 Å². The third-order valence-corrected chi connectivity index (χ3v) is 7.41. The summed E-state index contributed by atoms with van der Waals surface area (Å²) in [6.07, 6.45) is 3.27. The predicted molar refractivity (Wildman–Crippen MR) is 125 cm³/mol. The largest absolute Gasteiger partial charge is 0.510 e. The molecular weight excluding hydrogens is 468 g/mol. The molecule has 1 heterocycles. The summed E-state index contributed by atoms with van der Waals surface area (Å²) in [7, 11) is 3.16. The van der Waals surface area contributed by atoms with Crippen LogP contribution in [-0.2, 0) is 16.0 Å². The molecule has 0 saturated carbocycles. The molecule has 3 aliphatic carbocycles. The Labute approximate surface area is 205 Å². The van der Waals surface area contributed by atoms with Crippen molar-refractivity contribution >= 4 is 17.5 Å². The van der Waals surface area contributed by atoms with Crippen molar-refractivity contribution in [2.45, 2.75) is 24.5 Å². The molecule has 1 amide bonds. The van der Waals surface area contributed by atoms with Gasteiger partial charge < -0.3 is 26.2 Å². The van der Waals surface area contributed by atoms with Gasteiger partial charge in [0, 0.05) is 29.4 Å². The van der Waals surface area contributed by atoms with E-state index in [9.17, 15) is 34.8 Å². The molecule has 0 fully saturated rings. The number of carbonyl (C=O) groups excluding carboxylic acids is 3. The van der Waals surface area contributed by atoms with E-state index in [-0.39, 0.29) is 29.7 Å². The molecule has 0 saturated heterocycles. The highest BCUT2D eigenvalue weighted by atomic mass is 16.3. The van der Waals surface area contributed by atoms with E-state index < -0.39 is 58.0 Å². The van der Waals surface area contributed by atoms with Gasteiger partial charge in [-0.05, 0) is 56.6 Å². The van der Waals surface area contributed by atoms with Crippen molar-refractivity contribution in [2.75, 3.05) is 14.1 Å². The zero-order valence-corrected chi connectivity index (χ0v) is 19.5. The van der Waals surface area contributed by atoms with Gasteiger partial charge in [-0.3, -0.25) is 19.3 Å². The minimum atomic E-state index is -2.67. The molecule has 5 rings (SSSR count). The topological polar surface area (TPSA) is 187 Å². The summed E-state index contributed by atoms with van der Waals surface area (Å²) in [5.41, 5.74) is 2.53. The summed E-state index contributed by atoms with van der Waals surface area (Å²) in [6, 6.07) is 3.52. The summed E-state index contributed by atoms with van der Waals surface area (Å²) < 4.78 is 0. The Balaban J connectivity index is 1.73. The number of hydrogen-bond donors (Lipinski definition) is 5. The molecule has 1 aromatic carbocycles. The fraction of sp³-hybridized carbons (Fsp3) is 0.320. The van der Waals surface area contributed by atoms with Gasteiger partial charge in [-0.2, -0.15) is 0 Å². The minimum Gasteiger partial charge on any atom is -0.510 e. The van der Waals surface area contributed by atoms with Gasteiger partial charge in [0.2, 0.25) is 5.78 Å². The summed E-state index contributed by atoms with van der Waals surface area (Å²) in [4.78, 5) is 49.0. The van der Waals surface area contributed by atoms with E-state index in [0.717, 1.165) is 0 Å². The number of Topliss-reactive ketones (excluding diaryl/α,β-unsaturated/α-hetero) is 2. The predicted octanol–water partition coefficient (Wildman–Crippen LogP) is 0.578. The molecule has 6 N–H and O–H groups in total. The van der Waals surface area contributed by atoms with E-state index in [1.807, 2.05) is 0 Å². The summed E-state index contributed by atoms with van der Waals surface area (Å²) >= 11 is 0. The number of likely N-dealkylation sites (N-methyl/N-ethyl adjacent to an activating group) is 1. The number of fused-ring (bicyclic) bond motifs is 3. The maximum absolute atomic E-state index is 13.7. The summed E-state index contributed by atoms with van der Waals surface area (Å²) in [6.45, 7) is 0. The normalized spacial score (nSPS) is 27.6. The van der Waals surface area contributed by atoms with Crippen molar-refractivity contribution in [3.8, 4) is 17.1 Å². The van der Waals surface area contributed by atoms with Crippen LogP contribution in [0.1, 0.15) is 22.3 Å². The smallest absolute Gasteiger partial charge is 0.255 e. The lowest BCUT2D eigenvalue weighted by molar-refractivity contribution is -0.148. The highest BCUT2D eigenvalue weighted by molar-refractivity contribution is 6.24. The second kappa shape index (κ2) is 7.97. The fourth-order valence-electron chi connectivity index (χ4n) is 5.90. The van der Waals surface area contributed by atoms with Gasteiger partial charge in [0.05, 0.1) is 11.6 Å². The van der Waals surface area contributed by atoms with Crippen LogP contribution in [0.4, 0.5) is 0 Å². The highest BCUT2D eigenvalue weighted by Gasteiger charge is 2.63. The number of primary amides is 1. The van der Waals surface area contributed by atoms with Crippen molar-refractivity contribution in [1.82, 2.24) is 14.9 Å². The fourth-order valence-corrected chi connectivity index (χ4v) is 5.90. The molecule has 0 unspecified atom stereocenters. The number of carbonyl (C=O) groups is 3. The van der Waals surface area contributed by atoms with Gasteiger partial charge in [-0.1, -0.05) is 0 Å². The monoisotopic (exact) mass is 492 g/mol. The van der Waals surface area contributed by atoms with Crippen LogP contribution in [0, 0.1) is 11.8 Å². The van der Waals surface area contributed by atoms with Crippen molar-refractivity contribution < 1.29 is 34.8 Å². The first-order valence-electron chi connectivity index (χ1n) is 11.3. The molecule has 0 radical (unpaired) electrons. The standard InChI is InChI=1S/C25H24N4O7/c1-29(2)18-13-9-10-8-12-11(24-27-6-3-7-28-24)4-5-14(30)16(12)19(31)15(10)21(33)25(13,36)22(34)17(20(18)32)23(26)35/h3-7,10,13,18,30,32-33,36H,8-9H2,1-2H3,(H2,26,35)/t10-,13-,18-,25-/m0/s1. The van der Waals surface area contributed by atoms with Crippen molar-refractivity contribution in [3.05, 3.63) is 64.4 Å². The second-order valence-corrected chi connectivity index (χ2v) is 9.52. The zero-order valence-electron chi connectivity index (χ0n) is 19.5. The number of aromatic nitrogens is 2. The van der Waals surface area contributed by atoms with Crippen LogP contribution in [0.5, 0.6) is 5.75 Å². The number of aromatic hydroxyl groups is 1. The minimum absolute atomic E-state index is 0.0104. The molecular formula is C25H24N4O7. The Hall–Kier alpha value is -4.09. The number of rotatable bonds is 3. The molecule has 11 heteroatoms. The number of aliphatic hydroxyl groups excluding tert-OH is 2. The van der Waals surface area contributed by atoms with E-state index in [4.69, 9.17) is 5.73 Å². The lowest BCUT2D eigenvalue weighted by atomic mass is 9.58. The van der Waals surface area contributed by atoms with E-state index >= 15 is 0 Å². The van der Waals surface area contributed by atoms with Crippen molar-refractivity contribution in [2.24, 2.45) is 17.6 Å². The second-order valence-electron chi connectivity index (χ2n) is 9.52. The summed E-state index contributed by atoms with van der Waals surface area (Å²) in [5.74, 6) is -6.54. The first-order chi connectivity index (χ1) is 17.0. The van der Waals surface area contributed by atoms with Crippen LogP contribution in [0.15, 0.2) is 53.3 Å². The SMILES string of the molecule is CN(C)[C@@H]1C(O)=C(C(N)=O)C(=O)[C@@]2(O)C(O)=C3C(=O)c4c(O)ccc(-c5ncccn5)c4C[C@H]3C[C@@H]12. The number of hydrogen-bond acceptors (Lipinski definition) is 10. The number of aliphatic hydroxyl groups is 3. The molecule has 3 aliphatic rings.